The molecule has 1 saturated heterocycles. The number of aromatic nitrogens is 2. The number of fused-ring (bicyclic) bond motifs is 1. The number of benzene rings is 1. The second kappa shape index (κ2) is 8.00. The third-order valence-electron chi connectivity index (χ3n) is 5.70. The van der Waals surface area contributed by atoms with Crippen LogP contribution in [0, 0.1) is 0 Å². The van der Waals surface area contributed by atoms with Gasteiger partial charge in [-0.1, -0.05) is 0 Å². The molecule has 0 spiro atoms. The fourth-order valence-electron chi connectivity index (χ4n) is 4.02. The molecule has 0 atom stereocenters. The summed E-state index contributed by atoms with van der Waals surface area (Å²) in [5.41, 5.74) is 2.70. The summed E-state index contributed by atoms with van der Waals surface area (Å²) in [7, 11) is 0. The highest BCUT2D eigenvalue weighted by Gasteiger charge is 2.27. The smallest absolute Gasteiger partial charge is 0.266 e. The van der Waals surface area contributed by atoms with Crippen molar-refractivity contribution in [1.29, 1.82) is 0 Å². The Morgan fingerprint density at radius 3 is 2.32 bits per heavy atom. The Bertz CT molecular complexity index is 1240. The second-order valence-corrected chi connectivity index (χ2v) is 8.61. The minimum atomic E-state index is 0.0540. The number of anilines is 1. The van der Waals surface area contributed by atoms with Crippen LogP contribution < -0.4 is 4.90 Å². The van der Waals surface area contributed by atoms with Gasteiger partial charge in [0.1, 0.15) is 9.71 Å². The average molecular weight is 431 g/mol. The van der Waals surface area contributed by atoms with Crippen LogP contribution in [0.3, 0.4) is 0 Å². The summed E-state index contributed by atoms with van der Waals surface area (Å²) in [5.74, 6) is 0.122. The molecule has 1 amide bonds. The Morgan fingerprint density at radius 1 is 0.935 bits per heavy atom. The minimum absolute atomic E-state index is 0.0540. The monoisotopic (exact) mass is 430 g/mol. The zero-order chi connectivity index (χ0) is 21.4. The van der Waals surface area contributed by atoms with E-state index in [9.17, 15) is 9.59 Å². The van der Waals surface area contributed by atoms with Crippen LogP contribution in [0.2, 0.25) is 0 Å². The molecule has 0 radical (unpaired) electrons. The molecule has 4 heterocycles. The van der Waals surface area contributed by atoms with Gasteiger partial charge in [-0.15, -0.1) is 11.3 Å². The first-order chi connectivity index (χ1) is 15.1. The predicted octanol–water partition coefficient (Wildman–Crippen LogP) is 4.25. The molecule has 0 unspecified atom stereocenters. The predicted molar refractivity (Wildman–Crippen MR) is 124 cm³/mol. The van der Waals surface area contributed by atoms with Gasteiger partial charge in [0, 0.05) is 61.4 Å². The number of amides is 1. The van der Waals surface area contributed by atoms with Crippen LogP contribution in [0.4, 0.5) is 5.69 Å². The number of Topliss-reactive ketones (excluding diaryl/α,β-unsaturated/α-hetero) is 1. The molecule has 0 aliphatic carbocycles. The Morgan fingerprint density at radius 2 is 1.65 bits per heavy atom. The molecular weight excluding hydrogens is 408 g/mol. The van der Waals surface area contributed by atoms with Gasteiger partial charge in [-0.3, -0.25) is 9.59 Å². The third kappa shape index (κ3) is 3.61. The Hall–Kier alpha value is -3.45. The lowest BCUT2D eigenvalue weighted by molar-refractivity contribution is 0.0751. The van der Waals surface area contributed by atoms with Gasteiger partial charge in [-0.2, -0.15) is 0 Å². The molecule has 1 fully saturated rings. The Labute approximate surface area is 184 Å². The normalized spacial score (nSPS) is 14.2. The fraction of sp³-hybridized carbons (Fsp3) is 0.208. The van der Waals surface area contributed by atoms with Crippen molar-refractivity contribution in [3.63, 3.8) is 0 Å². The van der Waals surface area contributed by atoms with Crippen molar-refractivity contribution in [2.75, 3.05) is 31.1 Å². The van der Waals surface area contributed by atoms with Crippen molar-refractivity contribution in [2.45, 2.75) is 6.92 Å². The highest BCUT2D eigenvalue weighted by atomic mass is 32.1. The van der Waals surface area contributed by atoms with Crippen molar-refractivity contribution < 1.29 is 9.59 Å². The van der Waals surface area contributed by atoms with Crippen LogP contribution in [0.15, 0.2) is 67.1 Å². The average Bonchev–Trinajstić information content (AvgIpc) is 3.46. The maximum Gasteiger partial charge on any atom is 0.266 e. The first-order valence-electron chi connectivity index (χ1n) is 10.3. The molecule has 1 aromatic carbocycles. The van der Waals surface area contributed by atoms with Crippen LogP contribution >= 0.6 is 11.3 Å². The Balaban J connectivity index is 1.37. The maximum absolute atomic E-state index is 13.5. The molecule has 156 valence electrons. The van der Waals surface area contributed by atoms with E-state index in [-0.39, 0.29) is 11.7 Å². The molecule has 6 nitrogen and oxygen atoms in total. The molecule has 4 aromatic rings. The summed E-state index contributed by atoms with van der Waals surface area (Å²) in [6.45, 7) is 4.39. The Kier molecular flexibility index (Phi) is 5.03. The second-order valence-electron chi connectivity index (χ2n) is 7.61. The van der Waals surface area contributed by atoms with Gasteiger partial charge in [0.25, 0.3) is 5.91 Å². The molecule has 0 bridgehead atoms. The van der Waals surface area contributed by atoms with Gasteiger partial charge < -0.3 is 14.4 Å². The number of hydrogen-bond donors (Lipinski definition) is 0. The lowest BCUT2D eigenvalue weighted by atomic mass is 10.1. The molecule has 5 rings (SSSR count). The van der Waals surface area contributed by atoms with Crippen molar-refractivity contribution >= 4 is 38.9 Å². The van der Waals surface area contributed by atoms with E-state index in [1.165, 1.54) is 11.3 Å². The number of pyridine rings is 1. The summed E-state index contributed by atoms with van der Waals surface area (Å²) in [4.78, 5) is 35.2. The largest absolute Gasteiger partial charge is 0.368 e. The van der Waals surface area contributed by atoms with Gasteiger partial charge in [0.15, 0.2) is 5.78 Å². The molecular formula is C24H22N4O2S. The van der Waals surface area contributed by atoms with E-state index in [0.717, 1.165) is 39.6 Å². The standard InChI is InChI=1S/C24H22N4O2S/c1-17(29)18-6-8-19(9-7-18)26-13-15-28(16-14-26)24(30)22-21(27-11-2-3-12-27)20-5-4-10-25-23(20)31-22/h2-12H,13-16H2,1H3. The zero-order valence-electron chi connectivity index (χ0n) is 17.2. The lowest BCUT2D eigenvalue weighted by Crippen LogP contribution is -2.48. The van der Waals surface area contributed by atoms with Crippen molar-refractivity contribution in [3.05, 3.63) is 77.6 Å². The number of thiophene rings is 1. The molecule has 0 saturated carbocycles. The molecule has 7 heteroatoms. The maximum atomic E-state index is 13.5. The minimum Gasteiger partial charge on any atom is -0.368 e. The van der Waals surface area contributed by atoms with E-state index in [4.69, 9.17) is 0 Å². The number of rotatable bonds is 4. The highest BCUT2D eigenvalue weighted by molar-refractivity contribution is 7.21. The zero-order valence-corrected chi connectivity index (χ0v) is 18.0. The molecule has 0 N–H and O–H groups in total. The highest BCUT2D eigenvalue weighted by Crippen LogP contribution is 2.34. The summed E-state index contributed by atoms with van der Waals surface area (Å²) < 4.78 is 2.00. The van der Waals surface area contributed by atoms with Gasteiger partial charge in [0.2, 0.25) is 0 Å². The summed E-state index contributed by atoms with van der Waals surface area (Å²) >= 11 is 1.46. The van der Waals surface area contributed by atoms with Gasteiger partial charge in [-0.05, 0) is 55.5 Å². The van der Waals surface area contributed by atoms with E-state index in [1.807, 2.05) is 70.4 Å². The van der Waals surface area contributed by atoms with Crippen molar-refractivity contribution in [1.82, 2.24) is 14.5 Å². The molecule has 1 aliphatic rings. The SMILES string of the molecule is CC(=O)c1ccc(N2CCN(C(=O)c3sc4ncccc4c3-n3cccc3)CC2)cc1. The van der Waals surface area contributed by atoms with Gasteiger partial charge in [0.05, 0.1) is 5.69 Å². The number of carbonyl (C=O) groups excluding carboxylic acids is 2. The number of hydrogen-bond acceptors (Lipinski definition) is 5. The van der Waals surface area contributed by atoms with Crippen LogP contribution in [0.25, 0.3) is 15.9 Å². The van der Waals surface area contributed by atoms with Crippen LogP contribution in [0.1, 0.15) is 27.0 Å². The van der Waals surface area contributed by atoms with E-state index in [2.05, 4.69) is 9.88 Å². The summed E-state index contributed by atoms with van der Waals surface area (Å²) in [6, 6.07) is 15.5. The van der Waals surface area contributed by atoms with E-state index in [0.29, 0.717) is 18.7 Å². The topological polar surface area (TPSA) is 58.4 Å². The first-order valence-corrected chi connectivity index (χ1v) is 11.1. The van der Waals surface area contributed by atoms with E-state index >= 15 is 0 Å². The third-order valence-corrected chi connectivity index (χ3v) is 6.79. The van der Waals surface area contributed by atoms with Gasteiger partial charge in [-0.25, -0.2) is 4.98 Å². The fourth-order valence-corrected chi connectivity index (χ4v) is 5.13. The van der Waals surface area contributed by atoms with E-state index in [1.54, 1.807) is 13.1 Å². The number of piperazine rings is 1. The number of carbonyl (C=O) groups is 2. The number of nitrogens with zero attached hydrogens (tertiary/aromatic N) is 4. The van der Waals surface area contributed by atoms with Crippen LogP contribution in [-0.2, 0) is 0 Å². The van der Waals surface area contributed by atoms with Crippen LogP contribution in [-0.4, -0.2) is 52.3 Å². The first kappa shape index (κ1) is 19.5. The van der Waals surface area contributed by atoms with Crippen molar-refractivity contribution in [3.8, 4) is 5.69 Å². The molecule has 31 heavy (non-hydrogen) atoms. The van der Waals surface area contributed by atoms with Crippen molar-refractivity contribution in [2.24, 2.45) is 0 Å². The summed E-state index contributed by atoms with van der Waals surface area (Å²) in [6.07, 6.45) is 5.70. The van der Waals surface area contributed by atoms with Crippen LogP contribution in [0.5, 0.6) is 0 Å². The summed E-state index contributed by atoms with van der Waals surface area (Å²) in [5, 5.41) is 0.997. The number of ketones is 1. The van der Waals surface area contributed by atoms with Gasteiger partial charge >= 0.3 is 0 Å². The molecule has 1 aliphatic heterocycles. The molecule has 3 aromatic heterocycles. The van der Waals surface area contributed by atoms with E-state index < -0.39 is 0 Å². The quantitative estimate of drug-likeness (QED) is 0.454. The lowest BCUT2D eigenvalue weighted by Gasteiger charge is -2.36.